The Hall–Kier alpha value is -3.13. The number of methoxy groups -OCH3 is 1. The number of carbonyl (C=O) groups excluding carboxylic acids is 1. The summed E-state index contributed by atoms with van der Waals surface area (Å²) in [6.07, 6.45) is 3.61. The van der Waals surface area contributed by atoms with E-state index in [0.717, 1.165) is 39.6 Å². The lowest BCUT2D eigenvalue weighted by Crippen LogP contribution is -2.30. The molecule has 7 nitrogen and oxygen atoms in total. The van der Waals surface area contributed by atoms with Crippen LogP contribution in [-0.4, -0.2) is 32.3 Å². The SMILES string of the molecule is COc1ccc([C@@H](NC(=O)c2cc3c(C)nn(CC(C)C)c3s2)c2nccn2C)cc1. The highest BCUT2D eigenvalue weighted by Gasteiger charge is 2.24. The van der Waals surface area contributed by atoms with Gasteiger partial charge in [0.15, 0.2) is 0 Å². The Labute approximate surface area is 185 Å². The van der Waals surface area contributed by atoms with E-state index in [2.05, 4.69) is 29.2 Å². The first-order chi connectivity index (χ1) is 14.9. The fourth-order valence-electron chi connectivity index (χ4n) is 3.65. The molecule has 0 aliphatic carbocycles. The molecule has 3 heterocycles. The number of hydrogen-bond donors (Lipinski definition) is 1. The molecule has 8 heteroatoms. The summed E-state index contributed by atoms with van der Waals surface area (Å²) in [7, 11) is 3.56. The standard InChI is InChI=1S/C23H27N5O2S/c1-14(2)13-28-23-18(15(3)26-28)12-19(31-23)22(29)25-20(21-24-10-11-27(21)4)16-6-8-17(30-5)9-7-16/h6-12,14,20H,13H2,1-5H3,(H,25,29)/t20-/m1/s1. The number of ether oxygens (including phenoxy) is 1. The van der Waals surface area contributed by atoms with Crippen molar-refractivity contribution >= 4 is 27.5 Å². The van der Waals surface area contributed by atoms with E-state index in [0.29, 0.717) is 10.8 Å². The van der Waals surface area contributed by atoms with Crippen LogP contribution in [0.5, 0.6) is 5.75 Å². The van der Waals surface area contributed by atoms with Gasteiger partial charge >= 0.3 is 0 Å². The van der Waals surface area contributed by atoms with Crippen LogP contribution in [0.25, 0.3) is 10.2 Å². The Morgan fingerprint density at radius 1 is 1.26 bits per heavy atom. The van der Waals surface area contributed by atoms with Gasteiger partial charge in [0.05, 0.1) is 17.7 Å². The van der Waals surface area contributed by atoms with Gasteiger partial charge in [0, 0.05) is 31.4 Å². The average Bonchev–Trinajstić information content (AvgIpc) is 3.44. The Kier molecular flexibility index (Phi) is 5.82. The molecule has 0 aliphatic heterocycles. The van der Waals surface area contributed by atoms with Gasteiger partial charge in [-0.3, -0.25) is 9.48 Å². The van der Waals surface area contributed by atoms with E-state index in [1.165, 1.54) is 11.3 Å². The van der Waals surface area contributed by atoms with Gasteiger partial charge in [0.1, 0.15) is 22.4 Å². The normalized spacial score (nSPS) is 12.5. The zero-order chi connectivity index (χ0) is 22.1. The number of thiophene rings is 1. The summed E-state index contributed by atoms with van der Waals surface area (Å²) in [5, 5.41) is 8.85. The molecule has 162 valence electrons. The average molecular weight is 438 g/mol. The van der Waals surface area contributed by atoms with Gasteiger partial charge < -0.3 is 14.6 Å². The van der Waals surface area contributed by atoms with Crippen molar-refractivity contribution in [1.29, 1.82) is 0 Å². The maximum atomic E-state index is 13.3. The van der Waals surface area contributed by atoms with E-state index >= 15 is 0 Å². The lowest BCUT2D eigenvalue weighted by atomic mass is 10.1. The summed E-state index contributed by atoms with van der Waals surface area (Å²) < 4.78 is 9.21. The number of imidazole rings is 1. The van der Waals surface area contributed by atoms with Crippen molar-refractivity contribution in [3.8, 4) is 5.75 Å². The molecular weight excluding hydrogens is 410 g/mol. The quantitative estimate of drug-likeness (QED) is 0.467. The molecule has 31 heavy (non-hydrogen) atoms. The number of amides is 1. The fourth-order valence-corrected chi connectivity index (χ4v) is 4.72. The number of aromatic nitrogens is 4. The van der Waals surface area contributed by atoms with Crippen molar-refractivity contribution in [2.45, 2.75) is 33.4 Å². The molecule has 0 spiro atoms. The first kappa shape index (κ1) is 21.1. The molecular formula is C23H27N5O2S. The number of aryl methyl sites for hydroxylation is 2. The molecule has 1 N–H and O–H groups in total. The summed E-state index contributed by atoms with van der Waals surface area (Å²) in [6.45, 7) is 7.14. The van der Waals surface area contributed by atoms with Crippen molar-refractivity contribution in [3.63, 3.8) is 0 Å². The number of carbonyl (C=O) groups is 1. The van der Waals surface area contributed by atoms with Crippen molar-refractivity contribution in [1.82, 2.24) is 24.6 Å². The van der Waals surface area contributed by atoms with E-state index in [1.807, 2.05) is 59.7 Å². The van der Waals surface area contributed by atoms with Crippen LogP contribution in [-0.2, 0) is 13.6 Å². The number of nitrogens with one attached hydrogen (secondary N) is 1. The van der Waals surface area contributed by atoms with Gasteiger partial charge in [-0.2, -0.15) is 5.10 Å². The van der Waals surface area contributed by atoms with Gasteiger partial charge in [0.25, 0.3) is 5.91 Å². The minimum Gasteiger partial charge on any atom is -0.497 e. The smallest absolute Gasteiger partial charge is 0.262 e. The van der Waals surface area contributed by atoms with Crippen LogP contribution in [0.15, 0.2) is 42.7 Å². The van der Waals surface area contributed by atoms with Gasteiger partial charge in [0.2, 0.25) is 0 Å². The molecule has 4 aromatic rings. The molecule has 1 amide bonds. The Bertz CT molecular complexity index is 1200. The zero-order valence-electron chi connectivity index (χ0n) is 18.4. The molecule has 0 saturated carbocycles. The molecule has 1 aromatic carbocycles. The van der Waals surface area contributed by atoms with Crippen molar-refractivity contribution in [2.24, 2.45) is 13.0 Å². The molecule has 0 aliphatic rings. The largest absolute Gasteiger partial charge is 0.497 e. The third-order valence-corrected chi connectivity index (χ3v) is 6.36. The van der Waals surface area contributed by atoms with E-state index < -0.39 is 0 Å². The van der Waals surface area contributed by atoms with E-state index in [1.54, 1.807) is 13.3 Å². The Morgan fingerprint density at radius 2 is 2.00 bits per heavy atom. The number of benzene rings is 1. The summed E-state index contributed by atoms with van der Waals surface area (Å²) in [6, 6.07) is 9.25. The second kappa shape index (κ2) is 8.55. The molecule has 0 radical (unpaired) electrons. The zero-order valence-corrected chi connectivity index (χ0v) is 19.2. The maximum absolute atomic E-state index is 13.3. The van der Waals surface area contributed by atoms with E-state index in [9.17, 15) is 4.79 Å². The summed E-state index contributed by atoms with van der Waals surface area (Å²) >= 11 is 1.48. The first-order valence-electron chi connectivity index (χ1n) is 10.3. The maximum Gasteiger partial charge on any atom is 0.262 e. The van der Waals surface area contributed by atoms with Crippen LogP contribution in [0, 0.1) is 12.8 Å². The monoisotopic (exact) mass is 437 g/mol. The highest BCUT2D eigenvalue weighted by atomic mass is 32.1. The van der Waals surface area contributed by atoms with Crippen molar-refractivity contribution in [2.75, 3.05) is 7.11 Å². The number of hydrogen-bond acceptors (Lipinski definition) is 5. The van der Waals surface area contributed by atoms with Crippen LogP contribution >= 0.6 is 11.3 Å². The van der Waals surface area contributed by atoms with Crippen LogP contribution < -0.4 is 10.1 Å². The molecule has 1 atom stereocenters. The molecule has 0 unspecified atom stereocenters. The minimum absolute atomic E-state index is 0.125. The Morgan fingerprint density at radius 3 is 2.61 bits per heavy atom. The van der Waals surface area contributed by atoms with Crippen molar-refractivity contribution in [3.05, 3.63) is 64.7 Å². The topological polar surface area (TPSA) is 74.0 Å². The molecule has 4 rings (SSSR count). The number of fused-ring (bicyclic) bond motifs is 1. The molecule has 3 aromatic heterocycles. The van der Waals surface area contributed by atoms with Crippen LogP contribution in [0.2, 0.25) is 0 Å². The van der Waals surface area contributed by atoms with Gasteiger partial charge in [-0.05, 0) is 36.6 Å². The highest BCUT2D eigenvalue weighted by Crippen LogP contribution is 2.30. The summed E-state index contributed by atoms with van der Waals surface area (Å²) in [5.41, 5.74) is 1.88. The van der Waals surface area contributed by atoms with Gasteiger partial charge in [-0.1, -0.05) is 26.0 Å². The lowest BCUT2D eigenvalue weighted by molar-refractivity contribution is 0.0945. The van der Waals surface area contributed by atoms with E-state index in [-0.39, 0.29) is 11.9 Å². The van der Waals surface area contributed by atoms with Crippen LogP contribution in [0.3, 0.4) is 0 Å². The predicted molar refractivity (Wildman–Crippen MR) is 123 cm³/mol. The van der Waals surface area contributed by atoms with Crippen LogP contribution in [0.4, 0.5) is 0 Å². The van der Waals surface area contributed by atoms with Crippen molar-refractivity contribution < 1.29 is 9.53 Å². The third kappa shape index (κ3) is 4.20. The molecule has 0 bridgehead atoms. The van der Waals surface area contributed by atoms with Gasteiger partial charge in [-0.25, -0.2) is 4.98 Å². The second-order valence-electron chi connectivity index (χ2n) is 8.07. The van der Waals surface area contributed by atoms with Crippen LogP contribution in [0.1, 0.15) is 46.6 Å². The number of rotatable bonds is 7. The Balaban J connectivity index is 1.66. The molecule has 0 fully saturated rings. The lowest BCUT2D eigenvalue weighted by Gasteiger charge is -2.19. The predicted octanol–water partition coefficient (Wildman–Crippen LogP) is 4.32. The fraction of sp³-hybridized carbons (Fsp3) is 0.348. The molecule has 0 saturated heterocycles. The minimum atomic E-state index is -0.378. The number of nitrogens with zero attached hydrogens (tertiary/aromatic N) is 4. The third-order valence-electron chi connectivity index (χ3n) is 5.21. The summed E-state index contributed by atoms with van der Waals surface area (Å²) in [4.78, 5) is 19.5. The summed E-state index contributed by atoms with van der Waals surface area (Å²) in [5.74, 6) is 1.88. The van der Waals surface area contributed by atoms with Gasteiger partial charge in [-0.15, -0.1) is 11.3 Å². The van der Waals surface area contributed by atoms with E-state index in [4.69, 9.17) is 4.74 Å². The first-order valence-corrected chi connectivity index (χ1v) is 11.1. The highest BCUT2D eigenvalue weighted by molar-refractivity contribution is 7.20. The second-order valence-corrected chi connectivity index (χ2v) is 9.10.